The number of nitrogens with zero attached hydrogens (tertiary/aromatic N) is 2. The summed E-state index contributed by atoms with van der Waals surface area (Å²) in [5.41, 5.74) is 1.16. The van der Waals surface area contributed by atoms with Gasteiger partial charge in [-0.1, -0.05) is 40.5 Å². The second kappa shape index (κ2) is 8.30. The molecule has 0 amide bonds. The highest BCUT2D eigenvalue weighted by Gasteiger charge is 2.08. The first-order valence-electron chi connectivity index (χ1n) is 7.49. The molecule has 18 heavy (non-hydrogen) atoms. The van der Waals surface area contributed by atoms with Gasteiger partial charge in [-0.3, -0.25) is 4.68 Å². The molecule has 1 rings (SSSR count). The number of aromatic nitrogens is 2. The van der Waals surface area contributed by atoms with Gasteiger partial charge in [0.1, 0.15) is 0 Å². The minimum atomic E-state index is 0.554. The molecule has 0 saturated heterocycles. The van der Waals surface area contributed by atoms with Crippen LogP contribution in [-0.2, 0) is 6.54 Å². The van der Waals surface area contributed by atoms with Crippen molar-refractivity contribution < 1.29 is 0 Å². The minimum absolute atomic E-state index is 0.554. The van der Waals surface area contributed by atoms with Crippen LogP contribution in [0.4, 0.5) is 0 Å². The molecule has 0 spiro atoms. The highest BCUT2D eigenvalue weighted by molar-refractivity contribution is 4.99. The summed E-state index contributed by atoms with van der Waals surface area (Å²) in [4.78, 5) is 0. The van der Waals surface area contributed by atoms with Crippen molar-refractivity contribution in [2.45, 2.75) is 66.0 Å². The third kappa shape index (κ3) is 4.45. The Morgan fingerprint density at radius 2 is 1.78 bits per heavy atom. The van der Waals surface area contributed by atoms with E-state index in [0.717, 1.165) is 37.5 Å². The third-order valence-corrected chi connectivity index (χ3v) is 3.87. The lowest BCUT2D eigenvalue weighted by molar-refractivity contribution is 0.419. The summed E-state index contributed by atoms with van der Waals surface area (Å²) in [6.45, 7) is 11.0. The van der Waals surface area contributed by atoms with E-state index in [1.54, 1.807) is 0 Å². The molecule has 0 saturated carbocycles. The van der Waals surface area contributed by atoms with E-state index in [2.05, 4.69) is 55.1 Å². The second-order valence-corrected chi connectivity index (χ2v) is 5.07. The minimum Gasteiger partial charge on any atom is -0.311 e. The Labute approximate surface area is 112 Å². The maximum Gasteiger partial charge on any atom is 0.0762 e. The van der Waals surface area contributed by atoms with Crippen LogP contribution in [0.25, 0.3) is 0 Å². The van der Waals surface area contributed by atoms with E-state index in [1.165, 1.54) is 12.8 Å². The predicted molar refractivity (Wildman–Crippen MR) is 77.6 cm³/mol. The Balaban J connectivity index is 2.39. The highest BCUT2D eigenvalue weighted by Crippen LogP contribution is 2.14. The SMILES string of the molecule is CCC(CC)CNCc1ccn(C(CC)CC)n1. The fourth-order valence-electron chi connectivity index (χ4n) is 2.32. The van der Waals surface area contributed by atoms with Gasteiger partial charge in [0, 0.05) is 12.7 Å². The lowest BCUT2D eigenvalue weighted by Gasteiger charge is -2.13. The topological polar surface area (TPSA) is 29.9 Å². The van der Waals surface area contributed by atoms with Gasteiger partial charge in [-0.2, -0.15) is 5.10 Å². The van der Waals surface area contributed by atoms with E-state index >= 15 is 0 Å². The van der Waals surface area contributed by atoms with Crippen LogP contribution in [0.1, 0.15) is 65.1 Å². The fraction of sp³-hybridized carbons (Fsp3) is 0.800. The molecular formula is C15H29N3. The van der Waals surface area contributed by atoms with Crippen LogP contribution in [0.15, 0.2) is 12.3 Å². The Kier molecular flexibility index (Phi) is 7.02. The number of nitrogens with one attached hydrogen (secondary N) is 1. The highest BCUT2D eigenvalue weighted by atomic mass is 15.3. The summed E-state index contributed by atoms with van der Waals surface area (Å²) in [6.07, 6.45) is 6.93. The first kappa shape index (κ1) is 15.2. The van der Waals surface area contributed by atoms with Crippen LogP contribution in [0.3, 0.4) is 0 Å². The zero-order chi connectivity index (χ0) is 13.4. The van der Waals surface area contributed by atoms with E-state index in [-0.39, 0.29) is 0 Å². The number of rotatable bonds is 9. The Bertz CT molecular complexity index is 311. The van der Waals surface area contributed by atoms with Crippen molar-refractivity contribution in [1.82, 2.24) is 15.1 Å². The van der Waals surface area contributed by atoms with Gasteiger partial charge in [0.25, 0.3) is 0 Å². The molecule has 0 fully saturated rings. The van der Waals surface area contributed by atoms with E-state index in [0.29, 0.717) is 6.04 Å². The van der Waals surface area contributed by atoms with Gasteiger partial charge in [0.2, 0.25) is 0 Å². The Morgan fingerprint density at radius 3 is 2.33 bits per heavy atom. The molecule has 1 aromatic heterocycles. The average Bonchev–Trinajstić information content (AvgIpc) is 2.85. The lowest BCUT2D eigenvalue weighted by atomic mass is 10.0. The van der Waals surface area contributed by atoms with Crippen molar-refractivity contribution in [3.05, 3.63) is 18.0 Å². The smallest absolute Gasteiger partial charge is 0.0762 e. The largest absolute Gasteiger partial charge is 0.311 e. The van der Waals surface area contributed by atoms with E-state index in [1.807, 2.05) is 0 Å². The number of hydrogen-bond acceptors (Lipinski definition) is 2. The monoisotopic (exact) mass is 251 g/mol. The summed E-state index contributed by atoms with van der Waals surface area (Å²) in [5.74, 6) is 0.797. The fourth-order valence-corrected chi connectivity index (χ4v) is 2.32. The van der Waals surface area contributed by atoms with Crippen molar-refractivity contribution in [1.29, 1.82) is 0 Å². The molecule has 3 heteroatoms. The predicted octanol–water partition coefficient (Wildman–Crippen LogP) is 3.77. The van der Waals surface area contributed by atoms with E-state index < -0.39 is 0 Å². The van der Waals surface area contributed by atoms with Gasteiger partial charge in [-0.25, -0.2) is 0 Å². The lowest BCUT2D eigenvalue weighted by Crippen LogP contribution is -2.22. The standard InChI is InChI=1S/C15H29N3/c1-5-13(6-2)11-16-12-14-9-10-18(17-14)15(7-3)8-4/h9-10,13,15-16H,5-8,11-12H2,1-4H3. The van der Waals surface area contributed by atoms with E-state index in [9.17, 15) is 0 Å². The zero-order valence-corrected chi connectivity index (χ0v) is 12.4. The van der Waals surface area contributed by atoms with Crippen molar-refractivity contribution in [2.24, 2.45) is 5.92 Å². The first-order valence-corrected chi connectivity index (χ1v) is 7.49. The molecule has 0 aliphatic heterocycles. The quantitative estimate of drug-likeness (QED) is 0.724. The first-order chi connectivity index (χ1) is 8.74. The van der Waals surface area contributed by atoms with Gasteiger partial charge in [-0.15, -0.1) is 0 Å². The van der Waals surface area contributed by atoms with E-state index in [4.69, 9.17) is 0 Å². The van der Waals surface area contributed by atoms with Crippen LogP contribution in [0.2, 0.25) is 0 Å². The van der Waals surface area contributed by atoms with Gasteiger partial charge in [0.05, 0.1) is 11.7 Å². The normalized spacial score (nSPS) is 11.7. The summed E-state index contributed by atoms with van der Waals surface area (Å²) >= 11 is 0. The van der Waals surface area contributed by atoms with Crippen molar-refractivity contribution in [2.75, 3.05) is 6.54 Å². The molecule has 0 aliphatic carbocycles. The maximum absolute atomic E-state index is 4.65. The summed E-state index contributed by atoms with van der Waals surface area (Å²) < 4.78 is 2.12. The van der Waals surface area contributed by atoms with Gasteiger partial charge >= 0.3 is 0 Å². The Hall–Kier alpha value is -0.830. The molecule has 0 atom stereocenters. The van der Waals surface area contributed by atoms with Crippen molar-refractivity contribution in [3.8, 4) is 0 Å². The van der Waals surface area contributed by atoms with Crippen LogP contribution >= 0.6 is 0 Å². The van der Waals surface area contributed by atoms with Crippen LogP contribution < -0.4 is 5.32 Å². The molecule has 0 bridgehead atoms. The molecular weight excluding hydrogens is 222 g/mol. The summed E-state index contributed by atoms with van der Waals surface area (Å²) in [5, 5.41) is 8.17. The summed E-state index contributed by atoms with van der Waals surface area (Å²) in [6, 6.07) is 2.69. The zero-order valence-electron chi connectivity index (χ0n) is 12.4. The van der Waals surface area contributed by atoms with Gasteiger partial charge < -0.3 is 5.32 Å². The van der Waals surface area contributed by atoms with Gasteiger partial charge in [-0.05, 0) is 31.4 Å². The van der Waals surface area contributed by atoms with Crippen molar-refractivity contribution >= 4 is 0 Å². The number of hydrogen-bond donors (Lipinski definition) is 1. The van der Waals surface area contributed by atoms with Gasteiger partial charge in [0.15, 0.2) is 0 Å². The molecule has 0 aliphatic rings. The molecule has 0 aromatic carbocycles. The molecule has 104 valence electrons. The second-order valence-electron chi connectivity index (χ2n) is 5.07. The molecule has 1 heterocycles. The Morgan fingerprint density at radius 1 is 1.11 bits per heavy atom. The van der Waals surface area contributed by atoms with Crippen LogP contribution in [0.5, 0.6) is 0 Å². The average molecular weight is 251 g/mol. The summed E-state index contributed by atoms with van der Waals surface area (Å²) in [7, 11) is 0. The molecule has 0 unspecified atom stereocenters. The molecule has 1 aromatic rings. The van der Waals surface area contributed by atoms with Crippen LogP contribution in [-0.4, -0.2) is 16.3 Å². The molecule has 0 radical (unpaired) electrons. The maximum atomic E-state index is 4.65. The third-order valence-electron chi connectivity index (χ3n) is 3.87. The molecule has 1 N–H and O–H groups in total. The van der Waals surface area contributed by atoms with Crippen LogP contribution in [0, 0.1) is 5.92 Å². The van der Waals surface area contributed by atoms with Crippen molar-refractivity contribution in [3.63, 3.8) is 0 Å². The molecule has 3 nitrogen and oxygen atoms in total.